The lowest BCUT2D eigenvalue weighted by Gasteiger charge is -2.24. The number of urea groups is 1. The molecular weight excluding hydrogens is 322 g/mol. The molecule has 0 aromatic heterocycles. The summed E-state index contributed by atoms with van der Waals surface area (Å²) in [4.78, 5) is 25.1. The van der Waals surface area contributed by atoms with Crippen molar-refractivity contribution in [3.8, 4) is 11.5 Å². The van der Waals surface area contributed by atoms with E-state index in [0.717, 1.165) is 5.01 Å². The highest BCUT2D eigenvalue weighted by atomic mass is 16.3. The van der Waals surface area contributed by atoms with Crippen molar-refractivity contribution in [3.05, 3.63) is 59.7 Å². The first-order chi connectivity index (χ1) is 12.0. The number of amides is 3. The van der Waals surface area contributed by atoms with E-state index in [0.29, 0.717) is 17.5 Å². The van der Waals surface area contributed by atoms with Gasteiger partial charge in [0.15, 0.2) is 11.5 Å². The van der Waals surface area contributed by atoms with Crippen LogP contribution < -0.4 is 5.32 Å². The van der Waals surface area contributed by atoms with Crippen LogP contribution in [-0.4, -0.2) is 33.4 Å². The first-order valence-corrected chi connectivity index (χ1v) is 7.76. The Labute approximate surface area is 144 Å². The number of aromatic hydroxyl groups is 2. The SMILES string of the molecule is CC[C@@]1(c2ccccc2)NC(=O)N(/N=C/c2ccc(O)c(O)c2)C1=O. The van der Waals surface area contributed by atoms with E-state index in [-0.39, 0.29) is 11.5 Å². The van der Waals surface area contributed by atoms with Crippen molar-refractivity contribution in [1.82, 2.24) is 10.3 Å². The van der Waals surface area contributed by atoms with Crippen LogP contribution in [-0.2, 0) is 10.3 Å². The molecule has 1 atom stereocenters. The number of benzene rings is 2. The van der Waals surface area contributed by atoms with Crippen LogP contribution in [0.15, 0.2) is 53.6 Å². The molecule has 1 heterocycles. The molecule has 25 heavy (non-hydrogen) atoms. The molecule has 2 aromatic rings. The van der Waals surface area contributed by atoms with Gasteiger partial charge in [0.1, 0.15) is 5.54 Å². The molecule has 7 nitrogen and oxygen atoms in total. The van der Waals surface area contributed by atoms with E-state index in [2.05, 4.69) is 10.4 Å². The molecule has 3 amide bonds. The van der Waals surface area contributed by atoms with Gasteiger partial charge in [-0.15, -0.1) is 5.01 Å². The molecule has 1 aliphatic rings. The normalized spacial score (nSPS) is 20.3. The van der Waals surface area contributed by atoms with E-state index in [1.165, 1.54) is 24.4 Å². The Morgan fingerprint density at radius 1 is 1.12 bits per heavy atom. The van der Waals surface area contributed by atoms with Crippen LogP contribution in [0.25, 0.3) is 0 Å². The fourth-order valence-electron chi connectivity index (χ4n) is 2.77. The lowest BCUT2D eigenvalue weighted by molar-refractivity contribution is -0.131. The van der Waals surface area contributed by atoms with Gasteiger partial charge in [0, 0.05) is 0 Å². The Morgan fingerprint density at radius 2 is 1.84 bits per heavy atom. The van der Waals surface area contributed by atoms with E-state index in [1.54, 1.807) is 24.3 Å². The average molecular weight is 339 g/mol. The number of nitrogens with zero attached hydrogens (tertiary/aromatic N) is 2. The van der Waals surface area contributed by atoms with Gasteiger partial charge < -0.3 is 15.5 Å². The number of hydrogen-bond donors (Lipinski definition) is 3. The lowest BCUT2D eigenvalue weighted by Crippen LogP contribution is -2.43. The van der Waals surface area contributed by atoms with Gasteiger partial charge in [-0.3, -0.25) is 4.79 Å². The number of rotatable bonds is 4. The average Bonchev–Trinajstić information content (AvgIpc) is 2.88. The number of carbonyl (C=O) groups is 2. The molecule has 3 rings (SSSR count). The monoisotopic (exact) mass is 339 g/mol. The van der Waals surface area contributed by atoms with Crippen LogP contribution in [0.5, 0.6) is 11.5 Å². The van der Waals surface area contributed by atoms with Crippen molar-refractivity contribution in [3.63, 3.8) is 0 Å². The number of phenolic OH excluding ortho intramolecular Hbond substituents is 2. The maximum Gasteiger partial charge on any atom is 0.346 e. The zero-order chi connectivity index (χ0) is 18.0. The molecule has 7 heteroatoms. The molecule has 0 bridgehead atoms. The van der Waals surface area contributed by atoms with E-state index in [4.69, 9.17) is 0 Å². The second kappa shape index (κ2) is 6.27. The van der Waals surface area contributed by atoms with E-state index < -0.39 is 17.5 Å². The number of carbonyl (C=O) groups excluding carboxylic acids is 2. The van der Waals surface area contributed by atoms with E-state index in [1.807, 2.05) is 13.0 Å². The van der Waals surface area contributed by atoms with Gasteiger partial charge in [-0.05, 0) is 35.7 Å². The van der Waals surface area contributed by atoms with Crippen LogP contribution >= 0.6 is 0 Å². The number of hydrogen-bond acceptors (Lipinski definition) is 5. The second-order valence-electron chi connectivity index (χ2n) is 5.66. The van der Waals surface area contributed by atoms with Crippen LogP contribution in [0, 0.1) is 0 Å². The highest BCUT2D eigenvalue weighted by Crippen LogP contribution is 2.32. The van der Waals surface area contributed by atoms with E-state index in [9.17, 15) is 19.8 Å². The molecule has 3 N–H and O–H groups in total. The molecule has 1 saturated heterocycles. The Hall–Kier alpha value is -3.35. The predicted octanol–water partition coefficient (Wildman–Crippen LogP) is 2.29. The minimum absolute atomic E-state index is 0.263. The van der Waals surface area contributed by atoms with Crippen molar-refractivity contribution in [2.24, 2.45) is 5.10 Å². The van der Waals surface area contributed by atoms with Gasteiger partial charge in [0.2, 0.25) is 0 Å². The zero-order valence-corrected chi connectivity index (χ0v) is 13.5. The number of phenols is 2. The van der Waals surface area contributed by atoms with Crippen LogP contribution in [0.4, 0.5) is 4.79 Å². The van der Waals surface area contributed by atoms with E-state index >= 15 is 0 Å². The topological polar surface area (TPSA) is 102 Å². The summed E-state index contributed by atoms with van der Waals surface area (Å²) in [6.45, 7) is 1.82. The molecule has 0 unspecified atom stereocenters. The predicted molar refractivity (Wildman–Crippen MR) is 91.2 cm³/mol. The molecular formula is C18H17N3O4. The smallest absolute Gasteiger partial charge is 0.346 e. The fraction of sp³-hybridized carbons (Fsp3) is 0.167. The van der Waals surface area contributed by atoms with Crippen molar-refractivity contribution in [1.29, 1.82) is 0 Å². The maximum absolute atomic E-state index is 12.9. The summed E-state index contributed by atoms with van der Waals surface area (Å²) in [5.41, 5.74) is -0.0206. The van der Waals surface area contributed by atoms with Gasteiger partial charge in [0.25, 0.3) is 5.91 Å². The summed E-state index contributed by atoms with van der Waals surface area (Å²) >= 11 is 0. The van der Waals surface area contributed by atoms with Gasteiger partial charge >= 0.3 is 6.03 Å². The van der Waals surface area contributed by atoms with Crippen molar-refractivity contribution in [2.75, 3.05) is 0 Å². The summed E-state index contributed by atoms with van der Waals surface area (Å²) in [5, 5.41) is 26.3. The molecule has 1 fully saturated rings. The summed E-state index contributed by atoms with van der Waals surface area (Å²) in [6, 6.07) is 12.5. The first-order valence-electron chi connectivity index (χ1n) is 7.76. The molecule has 2 aromatic carbocycles. The minimum atomic E-state index is -1.15. The maximum atomic E-state index is 12.9. The minimum Gasteiger partial charge on any atom is -0.504 e. The summed E-state index contributed by atoms with van der Waals surface area (Å²) < 4.78 is 0. The first kappa shape index (κ1) is 16.5. The van der Waals surface area contributed by atoms with Crippen LogP contribution in [0.1, 0.15) is 24.5 Å². The lowest BCUT2D eigenvalue weighted by atomic mass is 9.87. The van der Waals surface area contributed by atoms with Crippen molar-refractivity contribution in [2.45, 2.75) is 18.9 Å². The molecule has 1 aliphatic heterocycles. The van der Waals surface area contributed by atoms with Gasteiger partial charge in [0.05, 0.1) is 6.21 Å². The molecule has 0 saturated carbocycles. The summed E-state index contributed by atoms with van der Waals surface area (Å²) in [7, 11) is 0. The second-order valence-corrected chi connectivity index (χ2v) is 5.66. The molecule has 128 valence electrons. The van der Waals surface area contributed by atoms with Crippen molar-refractivity contribution >= 4 is 18.2 Å². The Kier molecular flexibility index (Phi) is 4.14. The van der Waals surface area contributed by atoms with Crippen LogP contribution in [0.2, 0.25) is 0 Å². The number of imide groups is 1. The van der Waals surface area contributed by atoms with Gasteiger partial charge in [-0.2, -0.15) is 5.10 Å². The Bertz CT molecular complexity index is 851. The fourth-order valence-corrected chi connectivity index (χ4v) is 2.77. The number of hydrazone groups is 1. The third-order valence-electron chi connectivity index (χ3n) is 4.19. The Balaban J connectivity index is 1.91. The number of nitrogens with one attached hydrogen (secondary N) is 1. The zero-order valence-electron chi connectivity index (χ0n) is 13.5. The standard InChI is InChI=1S/C18H17N3O4/c1-2-18(13-6-4-3-5-7-13)16(24)21(17(25)20-18)19-11-12-8-9-14(22)15(23)10-12/h3-11,22-23H,2H2,1H3,(H,20,25)/b19-11+/t18-/m0/s1. The largest absolute Gasteiger partial charge is 0.504 e. The van der Waals surface area contributed by atoms with Gasteiger partial charge in [-0.1, -0.05) is 37.3 Å². The highest BCUT2D eigenvalue weighted by Gasteiger charge is 2.51. The molecule has 0 spiro atoms. The third-order valence-corrected chi connectivity index (χ3v) is 4.19. The molecule has 0 aliphatic carbocycles. The Morgan fingerprint density at radius 3 is 2.48 bits per heavy atom. The highest BCUT2D eigenvalue weighted by molar-refractivity contribution is 6.07. The van der Waals surface area contributed by atoms with Crippen molar-refractivity contribution < 1.29 is 19.8 Å². The van der Waals surface area contributed by atoms with Gasteiger partial charge in [-0.25, -0.2) is 4.79 Å². The third kappa shape index (κ3) is 2.80. The summed E-state index contributed by atoms with van der Waals surface area (Å²) in [6.07, 6.45) is 1.65. The van der Waals surface area contributed by atoms with Crippen LogP contribution in [0.3, 0.4) is 0 Å². The quantitative estimate of drug-likeness (QED) is 0.452. The summed E-state index contributed by atoms with van der Waals surface area (Å²) in [5.74, 6) is -1.04. The molecule has 0 radical (unpaired) electrons.